The predicted molar refractivity (Wildman–Crippen MR) is 165 cm³/mol. The summed E-state index contributed by atoms with van der Waals surface area (Å²) in [7, 11) is -27.5. The van der Waals surface area contributed by atoms with E-state index in [1.807, 2.05) is 0 Å². The van der Waals surface area contributed by atoms with Crippen molar-refractivity contribution in [2.24, 2.45) is 0 Å². The maximum Gasteiger partial charge on any atom is 0.312 e. The van der Waals surface area contributed by atoms with Crippen molar-refractivity contribution in [1.29, 1.82) is 0 Å². The van der Waals surface area contributed by atoms with Crippen molar-refractivity contribution >= 4 is 82.3 Å². The van der Waals surface area contributed by atoms with E-state index in [4.69, 9.17) is 16.7 Å². The van der Waals surface area contributed by atoms with Crippen LogP contribution in [-0.4, -0.2) is 75.5 Å². The average Bonchev–Trinajstić information content (AvgIpc) is 2.84. The van der Waals surface area contributed by atoms with Gasteiger partial charge in [-0.15, -0.1) is 3.63 Å². The van der Waals surface area contributed by atoms with Crippen LogP contribution in [0.5, 0.6) is 23.0 Å². The summed E-state index contributed by atoms with van der Waals surface area (Å²) >= 11 is 0. The third kappa shape index (κ3) is 9.21. The molecule has 4 aromatic carbocycles. The Bertz CT molecular complexity index is 2430. The molecular weight excluding hydrogens is 753 g/mol. The zero-order valence-electron chi connectivity index (χ0n) is 24.2. The van der Waals surface area contributed by atoms with E-state index in [1.165, 1.54) is 0 Å². The summed E-state index contributed by atoms with van der Waals surface area (Å²) in [5.74, 6) is -1.72. The van der Waals surface area contributed by atoms with Gasteiger partial charge in [-0.2, -0.15) is 50.5 Å². The molecule has 0 aliphatic carbocycles. The van der Waals surface area contributed by atoms with Gasteiger partial charge in [-0.1, -0.05) is 0 Å². The fourth-order valence-electron chi connectivity index (χ4n) is 4.10. The number of hydrogen-bond donors (Lipinski definition) is 0. The summed E-state index contributed by atoms with van der Waals surface area (Å²) in [6.07, 6.45) is 2.78. The van der Waals surface area contributed by atoms with Crippen LogP contribution in [-0.2, 0) is 64.3 Å². The maximum absolute atomic E-state index is 13.5. The van der Waals surface area contributed by atoms with Gasteiger partial charge in [-0.3, -0.25) is 0 Å². The molecule has 0 aromatic heterocycles. The molecule has 0 heterocycles. The number of hydrogen-bond acceptors (Lipinski definition) is 17. The summed E-state index contributed by atoms with van der Waals surface area (Å²) in [6, 6.07) is 9.15. The molecule has 47 heavy (non-hydrogen) atoms. The molecule has 0 amide bonds. The monoisotopic (exact) mass is 774 g/mol. The Labute approximate surface area is 270 Å². The van der Waals surface area contributed by atoms with Crippen molar-refractivity contribution < 1.29 is 70.9 Å². The molecule has 4 aromatic rings. The lowest BCUT2D eigenvalue weighted by atomic mass is 10.1. The van der Waals surface area contributed by atoms with Crippen LogP contribution in [0, 0.1) is 0 Å². The van der Waals surface area contributed by atoms with Crippen LogP contribution >= 0.6 is 0 Å². The zero-order chi connectivity index (χ0) is 35.4. The van der Waals surface area contributed by atoms with Crippen LogP contribution in [0.15, 0.2) is 70.5 Å². The minimum absolute atomic E-state index is 0.242. The van der Waals surface area contributed by atoms with E-state index in [2.05, 4.69) is 3.63 Å². The number of rotatable bonds is 12. The first kappa shape index (κ1) is 36.1. The second-order valence-corrected chi connectivity index (χ2v) is 19.2. The van der Waals surface area contributed by atoms with E-state index < -0.39 is 104 Å². The van der Waals surface area contributed by atoms with Gasteiger partial charge in [0.1, 0.15) is 21.3 Å². The lowest BCUT2D eigenvalue weighted by molar-refractivity contribution is 0.463. The molecule has 0 N–H and O–H groups in total. The Hall–Kier alpha value is -3.74. The van der Waals surface area contributed by atoms with Gasteiger partial charge in [0.05, 0.1) is 25.0 Å². The normalized spacial score (nSPS) is 13.4. The molecule has 0 saturated heterocycles. The summed E-state index contributed by atoms with van der Waals surface area (Å²) in [6.45, 7) is 0. The van der Waals surface area contributed by atoms with Crippen molar-refractivity contribution in [3.05, 3.63) is 60.7 Å². The highest BCUT2D eigenvalue weighted by molar-refractivity contribution is 8.00. The zero-order valence-corrected chi connectivity index (χ0v) is 29.1. The molecule has 0 radical (unpaired) electrons. The van der Waals surface area contributed by atoms with Gasteiger partial charge in [0.25, 0.3) is 0 Å². The molecular formula is C24H22O17S6. The van der Waals surface area contributed by atoms with E-state index >= 15 is 0 Å². The van der Waals surface area contributed by atoms with Crippen molar-refractivity contribution in [3.63, 3.8) is 0 Å². The van der Waals surface area contributed by atoms with Gasteiger partial charge in [-0.05, 0) is 60.7 Å². The highest BCUT2D eigenvalue weighted by Gasteiger charge is 2.32. The highest BCUT2D eigenvalue weighted by atomic mass is 32.3. The Morgan fingerprint density at radius 3 is 1.00 bits per heavy atom. The van der Waals surface area contributed by atoms with E-state index in [0.717, 1.165) is 60.7 Å². The summed E-state index contributed by atoms with van der Waals surface area (Å²) in [5.41, 5.74) is 0. The average molecular weight is 775 g/mol. The Kier molecular flexibility index (Phi) is 9.26. The Morgan fingerprint density at radius 1 is 0.383 bits per heavy atom. The van der Waals surface area contributed by atoms with Crippen molar-refractivity contribution in [2.45, 2.75) is 9.79 Å². The maximum atomic E-state index is 13.5. The molecule has 256 valence electrons. The van der Waals surface area contributed by atoms with E-state index in [9.17, 15) is 50.5 Å². The van der Waals surface area contributed by atoms with E-state index in [1.54, 1.807) is 0 Å². The predicted octanol–water partition coefficient (Wildman–Crippen LogP) is 1.44. The second kappa shape index (κ2) is 12.1. The summed E-state index contributed by atoms with van der Waals surface area (Å²) < 4.78 is 172. The van der Waals surface area contributed by atoms with Crippen LogP contribution in [0.25, 0.3) is 21.5 Å². The quantitative estimate of drug-likeness (QED) is 0.185. The molecule has 0 fully saturated rings. The van der Waals surface area contributed by atoms with Gasteiger partial charge in [0.2, 0.25) is 0 Å². The molecule has 4 rings (SSSR count). The lowest BCUT2D eigenvalue weighted by Gasteiger charge is -2.15. The third-order valence-corrected chi connectivity index (χ3v) is 10.7. The molecule has 0 spiro atoms. The molecule has 0 aliphatic rings. The molecule has 0 bridgehead atoms. The Morgan fingerprint density at radius 2 is 0.702 bits per heavy atom. The molecule has 0 saturated carbocycles. The minimum atomic E-state index is -5.41. The topological polar surface area (TPSA) is 251 Å². The fraction of sp³-hybridized carbons (Fsp3) is 0.167. The smallest absolute Gasteiger partial charge is 0.312 e. The molecule has 0 unspecified atom stereocenters. The standard InChI is InChI=1S/C24H22O17S6/c1-42(25,26)37-15-5-7-17-19(13-15)23(11-9-21(17)39-44(3,29)30)46(33,34)41-47(35,36)24-12-10-22(40-45(4,31)32)18-8-6-16(14-20(18)24)38-43(2,27)28/h5-14H,1-4H3. The molecule has 0 aliphatic heterocycles. The fourth-order valence-corrected chi connectivity index (χ4v) is 8.82. The molecule has 17 nitrogen and oxygen atoms in total. The van der Waals surface area contributed by atoms with Gasteiger partial charge < -0.3 is 16.7 Å². The van der Waals surface area contributed by atoms with Gasteiger partial charge in [0, 0.05) is 21.5 Å². The van der Waals surface area contributed by atoms with Crippen LogP contribution in [0.4, 0.5) is 0 Å². The number of fused-ring (bicyclic) bond motifs is 2. The van der Waals surface area contributed by atoms with Gasteiger partial charge in [0.15, 0.2) is 11.5 Å². The first-order valence-corrected chi connectivity index (χ1v) is 22.2. The SMILES string of the molecule is CS(=O)(=O)Oc1ccc2c(OS(C)(=O)=O)ccc(S(=O)(=O)OS(=O)(=O)c3ccc(OS(C)(=O)=O)c4ccc(OS(C)(=O)=O)cc34)c2c1. The van der Waals surface area contributed by atoms with Gasteiger partial charge >= 0.3 is 60.7 Å². The summed E-state index contributed by atoms with van der Waals surface area (Å²) in [4.78, 5) is -1.81. The van der Waals surface area contributed by atoms with Crippen LogP contribution < -0.4 is 16.7 Å². The van der Waals surface area contributed by atoms with Gasteiger partial charge in [-0.25, -0.2) is 0 Å². The van der Waals surface area contributed by atoms with Crippen LogP contribution in [0.1, 0.15) is 0 Å². The highest BCUT2D eigenvalue weighted by Crippen LogP contribution is 2.39. The van der Waals surface area contributed by atoms with Crippen LogP contribution in [0.3, 0.4) is 0 Å². The number of benzene rings is 4. The van der Waals surface area contributed by atoms with E-state index in [0.29, 0.717) is 25.0 Å². The Balaban J connectivity index is 1.93. The lowest BCUT2D eigenvalue weighted by Crippen LogP contribution is -2.16. The summed E-state index contributed by atoms with van der Waals surface area (Å²) in [5, 5.41) is -1.44. The first-order chi connectivity index (χ1) is 21.2. The van der Waals surface area contributed by atoms with Crippen LogP contribution in [0.2, 0.25) is 0 Å². The first-order valence-electron chi connectivity index (χ1n) is 12.2. The largest absolute Gasteiger partial charge is 0.383 e. The third-order valence-electron chi connectivity index (χ3n) is 5.51. The van der Waals surface area contributed by atoms with Crippen molar-refractivity contribution in [2.75, 3.05) is 25.0 Å². The van der Waals surface area contributed by atoms with Crippen molar-refractivity contribution in [3.8, 4) is 23.0 Å². The second-order valence-electron chi connectivity index (χ2n) is 9.66. The van der Waals surface area contributed by atoms with E-state index in [-0.39, 0.29) is 10.8 Å². The van der Waals surface area contributed by atoms with Crippen molar-refractivity contribution in [1.82, 2.24) is 0 Å². The minimum Gasteiger partial charge on any atom is -0.383 e. The molecule has 23 heteroatoms. The molecule has 0 atom stereocenters.